The maximum atomic E-state index is 12.5. The second kappa shape index (κ2) is 5.70. The second-order valence-corrected chi connectivity index (χ2v) is 6.48. The first-order valence-electron chi connectivity index (χ1n) is 7.14. The summed E-state index contributed by atoms with van der Waals surface area (Å²) >= 11 is 3.54. The highest BCUT2D eigenvalue weighted by atomic mass is 79.9. The molecule has 0 bridgehead atoms. The van der Waals surface area contributed by atoms with E-state index in [0.717, 1.165) is 40.4 Å². The molecular formula is C16H19BrN2O. The Kier molecular flexibility index (Phi) is 3.94. The molecule has 3 nitrogen and oxygen atoms in total. The van der Waals surface area contributed by atoms with Crippen molar-refractivity contribution < 1.29 is 0 Å². The normalized spacial score (nSPS) is 19.4. The summed E-state index contributed by atoms with van der Waals surface area (Å²) in [5.41, 5.74) is 2.05. The van der Waals surface area contributed by atoms with Gasteiger partial charge in [0.1, 0.15) is 0 Å². The van der Waals surface area contributed by atoms with E-state index in [1.807, 2.05) is 19.2 Å². The lowest BCUT2D eigenvalue weighted by atomic mass is 9.92. The van der Waals surface area contributed by atoms with E-state index >= 15 is 0 Å². The largest absolute Gasteiger partial charge is 0.316 e. The van der Waals surface area contributed by atoms with Gasteiger partial charge in [0, 0.05) is 17.1 Å². The molecule has 1 saturated heterocycles. The number of piperidine rings is 1. The Morgan fingerprint density at radius 2 is 2.30 bits per heavy atom. The van der Waals surface area contributed by atoms with Gasteiger partial charge >= 0.3 is 0 Å². The number of aryl methyl sites for hydroxylation is 1. The van der Waals surface area contributed by atoms with Gasteiger partial charge in [-0.05, 0) is 71.7 Å². The summed E-state index contributed by atoms with van der Waals surface area (Å²) in [6.45, 7) is 2.14. The molecule has 106 valence electrons. The van der Waals surface area contributed by atoms with E-state index in [2.05, 4.69) is 33.4 Å². The van der Waals surface area contributed by atoms with Gasteiger partial charge in [-0.25, -0.2) is 0 Å². The number of hydrogen-bond acceptors (Lipinski definition) is 2. The fourth-order valence-electron chi connectivity index (χ4n) is 3.12. The average molecular weight is 335 g/mol. The molecule has 0 radical (unpaired) electrons. The Bertz CT molecular complexity index is 687. The van der Waals surface area contributed by atoms with Gasteiger partial charge in [-0.3, -0.25) is 4.79 Å². The standard InChI is InChI=1S/C16H19BrN2O/c1-19-15-12(5-2-6-14(15)17)9-13(16(19)20)8-11-4-3-7-18-10-11/h2,5-6,9,11,18H,3-4,7-8,10H2,1H3. The molecule has 1 N–H and O–H groups in total. The van der Waals surface area contributed by atoms with Crippen molar-refractivity contribution >= 4 is 26.8 Å². The van der Waals surface area contributed by atoms with Crippen LogP contribution in [-0.2, 0) is 13.5 Å². The van der Waals surface area contributed by atoms with Gasteiger partial charge in [0.2, 0.25) is 0 Å². The van der Waals surface area contributed by atoms with Crippen LogP contribution in [0, 0.1) is 5.92 Å². The number of aromatic nitrogens is 1. The van der Waals surface area contributed by atoms with Crippen molar-refractivity contribution in [1.29, 1.82) is 0 Å². The minimum atomic E-state index is 0.134. The van der Waals surface area contributed by atoms with E-state index < -0.39 is 0 Å². The van der Waals surface area contributed by atoms with Crippen LogP contribution in [0.1, 0.15) is 18.4 Å². The lowest BCUT2D eigenvalue weighted by Crippen LogP contribution is -2.33. The zero-order valence-corrected chi connectivity index (χ0v) is 13.2. The number of halogens is 1. The molecule has 0 saturated carbocycles. The van der Waals surface area contributed by atoms with Gasteiger partial charge in [0.05, 0.1) is 5.52 Å². The van der Waals surface area contributed by atoms with Crippen LogP contribution >= 0.6 is 15.9 Å². The first kappa shape index (κ1) is 13.8. The molecule has 0 amide bonds. The van der Waals surface area contributed by atoms with E-state index in [1.165, 1.54) is 12.8 Å². The maximum Gasteiger partial charge on any atom is 0.254 e. The molecule has 3 rings (SSSR count). The number of nitrogens with zero attached hydrogens (tertiary/aromatic N) is 1. The molecular weight excluding hydrogens is 316 g/mol. The molecule has 4 heteroatoms. The molecule has 1 atom stereocenters. The predicted molar refractivity (Wildman–Crippen MR) is 86.2 cm³/mol. The Morgan fingerprint density at radius 3 is 3.05 bits per heavy atom. The third-order valence-corrected chi connectivity index (χ3v) is 4.81. The predicted octanol–water partition coefficient (Wildman–Crippen LogP) is 2.84. The molecule has 1 unspecified atom stereocenters. The van der Waals surface area contributed by atoms with Crippen LogP contribution in [0.25, 0.3) is 10.9 Å². The zero-order valence-electron chi connectivity index (χ0n) is 11.7. The van der Waals surface area contributed by atoms with Crippen LogP contribution in [0.5, 0.6) is 0 Å². The van der Waals surface area contributed by atoms with Gasteiger partial charge in [-0.2, -0.15) is 0 Å². The quantitative estimate of drug-likeness (QED) is 0.916. The van der Waals surface area contributed by atoms with Gasteiger partial charge in [0.15, 0.2) is 0 Å². The van der Waals surface area contributed by atoms with E-state index in [-0.39, 0.29) is 5.56 Å². The third kappa shape index (κ3) is 2.54. The average Bonchev–Trinajstić information content (AvgIpc) is 2.45. The third-order valence-electron chi connectivity index (χ3n) is 4.17. The summed E-state index contributed by atoms with van der Waals surface area (Å²) < 4.78 is 2.74. The topological polar surface area (TPSA) is 34.0 Å². The number of rotatable bonds is 2. The van der Waals surface area contributed by atoms with Crippen LogP contribution in [-0.4, -0.2) is 17.7 Å². The highest BCUT2D eigenvalue weighted by Crippen LogP contribution is 2.24. The zero-order chi connectivity index (χ0) is 14.1. The van der Waals surface area contributed by atoms with Crippen LogP contribution in [0.15, 0.2) is 33.5 Å². The summed E-state index contributed by atoms with van der Waals surface area (Å²) in [6, 6.07) is 8.13. The lowest BCUT2D eigenvalue weighted by Gasteiger charge is -2.22. The molecule has 1 aliphatic heterocycles. The number of hydrogen-bond donors (Lipinski definition) is 1. The summed E-state index contributed by atoms with van der Waals surface area (Å²) in [4.78, 5) is 12.5. The Hall–Kier alpha value is -1.13. The minimum absolute atomic E-state index is 0.134. The molecule has 0 spiro atoms. The Labute approximate surface area is 127 Å². The highest BCUT2D eigenvalue weighted by molar-refractivity contribution is 9.10. The van der Waals surface area contributed by atoms with Crippen LogP contribution in [0.3, 0.4) is 0 Å². The Morgan fingerprint density at radius 1 is 1.45 bits per heavy atom. The monoisotopic (exact) mass is 334 g/mol. The fraction of sp³-hybridized carbons (Fsp3) is 0.438. The van der Waals surface area contributed by atoms with E-state index in [1.54, 1.807) is 4.57 Å². The first-order valence-corrected chi connectivity index (χ1v) is 7.94. The van der Waals surface area contributed by atoms with E-state index in [9.17, 15) is 4.79 Å². The molecule has 1 fully saturated rings. The summed E-state index contributed by atoms with van der Waals surface area (Å²) in [6.07, 6.45) is 3.30. The van der Waals surface area contributed by atoms with Crippen LogP contribution in [0.4, 0.5) is 0 Å². The fourth-order valence-corrected chi connectivity index (χ4v) is 3.77. The highest BCUT2D eigenvalue weighted by Gasteiger charge is 2.17. The molecule has 1 aromatic carbocycles. The molecule has 1 aromatic heterocycles. The first-order chi connectivity index (χ1) is 9.66. The molecule has 1 aliphatic rings. The van der Waals surface area contributed by atoms with E-state index in [0.29, 0.717) is 5.92 Å². The van der Waals surface area contributed by atoms with Crippen molar-refractivity contribution in [2.24, 2.45) is 13.0 Å². The number of fused-ring (bicyclic) bond motifs is 1. The van der Waals surface area contributed by atoms with Gasteiger partial charge in [-0.15, -0.1) is 0 Å². The van der Waals surface area contributed by atoms with Crippen molar-refractivity contribution in [3.63, 3.8) is 0 Å². The summed E-state index contributed by atoms with van der Waals surface area (Å²) in [7, 11) is 1.86. The molecule has 2 aromatic rings. The van der Waals surface area contributed by atoms with Crippen molar-refractivity contribution in [2.45, 2.75) is 19.3 Å². The van der Waals surface area contributed by atoms with E-state index in [4.69, 9.17) is 0 Å². The SMILES string of the molecule is Cn1c(=O)c(CC2CCCNC2)cc2cccc(Br)c21. The second-order valence-electron chi connectivity index (χ2n) is 5.63. The number of nitrogens with one attached hydrogen (secondary N) is 1. The van der Waals surface area contributed by atoms with Crippen molar-refractivity contribution in [2.75, 3.05) is 13.1 Å². The van der Waals surface area contributed by atoms with Crippen LogP contribution in [0.2, 0.25) is 0 Å². The lowest BCUT2D eigenvalue weighted by molar-refractivity contribution is 0.375. The molecule has 20 heavy (non-hydrogen) atoms. The van der Waals surface area contributed by atoms with Crippen molar-refractivity contribution in [3.05, 3.63) is 44.7 Å². The number of benzene rings is 1. The maximum absolute atomic E-state index is 12.5. The Balaban J connectivity index is 2.03. The smallest absolute Gasteiger partial charge is 0.254 e. The number of para-hydroxylation sites is 1. The number of pyridine rings is 1. The van der Waals surface area contributed by atoms with Gasteiger partial charge in [-0.1, -0.05) is 12.1 Å². The summed E-state index contributed by atoms with van der Waals surface area (Å²) in [5, 5.41) is 4.54. The van der Waals surface area contributed by atoms with Gasteiger partial charge < -0.3 is 9.88 Å². The molecule has 2 heterocycles. The van der Waals surface area contributed by atoms with Crippen molar-refractivity contribution in [1.82, 2.24) is 9.88 Å². The van der Waals surface area contributed by atoms with Crippen molar-refractivity contribution in [3.8, 4) is 0 Å². The van der Waals surface area contributed by atoms with Crippen LogP contribution < -0.4 is 10.9 Å². The minimum Gasteiger partial charge on any atom is -0.316 e. The molecule has 0 aliphatic carbocycles. The van der Waals surface area contributed by atoms with Gasteiger partial charge in [0.25, 0.3) is 5.56 Å². The summed E-state index contributed by atoms with van der Waals surface area (Å²) in [5.74, 6) is 0.584.